The maximum absolute atomic E-state index is 9.48. The van der Waals surface area contributed by atoms with Crippen molar-refractivity contribution in [2.24, 2.45) is 0 Å². The van der Waals surface area contributed by atoms with Gasteiger partial charge in [-0.25, -0.2) is 9.97 Å². The lowest BCUT2D eigenvalue weighted by molar-refractivity contribution is 0.199. The van der Waals surface area contributed by atoms with E-state index in [9.17, 15) is 5.11 Å². The Hall–Kier alpha value is -0.910. The summed E-state index contributed by atoms with van der Waals surface area (Å²) in [4.78, 5) is 9.34. The molecule has 17 heavy (non-hydrogen) atoms. The predicted octanol–water partition coefficient (Wildman–Crippen LogP) is 3.44. The smallest absolute Gasteiger partial charge is 0.192 e. The maximum atomic E-state index is 9.48. The van der Waals surface area contributed by atoms with Gasteiger partial charge >= 0.3 is 0 Å². The van der Waals surface area contributed by atoms with Crippen molar-refractivity contribution in [3.63, 3.8) is 0 Å². The molecule has 0 saturated carbocycles. The molecule has 2 aromatic rings. The van der Waals surface area contributed by atoms with Gasteiger partial charge in [-0.1, -0.05) is 6.07 Å². The van der Waals surface area contributed by atoms with Crippen LogP contribution in [0.2, 0.25) is 0 Å². The lowest BCUT2D eigenvalue weighted by atomic mass is 10.1. The number of rotatable bonds is 3. The largest absolute Gasteiger partial charge is 0.389 e. The van der Waals surface area contributed by atoms with Crippen LogP contribution in [0.3, 0.4) is 0 Å². The molecule has 0 aliphatic rings. The molecule has 0 radical (unpaired) electrons. The SMILES string of the molecule is CC(O)c1ccc(Sc2ncccn2)c(Br)c1. The fraction of sp³-hybridized carbons (Fsp3) is 0.167. The minimum Gasteiger partial charge on any atom is -0.389 e. The zero-order valence-electron chi connectivity index (χ0n) is 9.17. The minimum absolute atomic E-state index is 0.460. The number of halogens is 1. The third-order valence-electron chi connectivity index (χ3n) is 2.18. The first-order valence-corrected chi connectivity index (χ1v) is 6.70. The number of hydrogen-bond donors (Lipinski definition) is 1. The van der Waals surface area contributed by atoms with Gasteiger partial charge in [0.25, 0.3) is 0 Å². The molecule has 0 aliphatic heterocycles. The van der Waals surface area contributed by atoms with Crippen molar-refractivity contribution in [3.05, 3.63) is 46.7 Å². The molecule has 0 saturated heterocycles. The molecule has 2 rings (SSSR count). The first-order valence-electron chi connectivity index (χ1n) is 5.09. The molecule has 88 valence electrons. The molecule has 1 aromatic heterocycles. The Morgan fingerprint density at radius 3 is 2.59 bits per heavy atom. The van der Waals surface area contributed by atoms with Gasteiger partial charge in [0.05, 0.1) is 6.10 Å². The first-order chi connectivity index (χ1) is 8.16. The van der Waals surface area contributed by atoms with Gasteiger partial charge in [-0.15, -0.1) is 0 Å². The molecule has 0 spiro atoms. The summed E-state index contributed by atoms with van der Waals surface area (Å²) in [6.45, 7) is 1.74. The molecule has 0 amide bonds. The van der Waals surface area contributed by atoms with Crippen molar-refractivity contribution in [2.45, 2.75) is 23.1 Å². The molecule has 1 atom stereocenters. The minimum atomic E-state index is -0.460. The number of nitrogens with zero attached hydrogens (tertiary/aromatic N) is 2. The van der Waals surface area contributed by atoms with Crippen LogP contribution in [0.1, 0.15) is 18.6 Å². The summed E-state index contributed by atoms with van der Waals surface area (Å²) in [6.07, 6.45) is 2.97. The Bertz CT molecular complexity index is 505. The molecule has 0 aliphatic carbocycles. The lowest BCUT2D eigenvalue weighted by Crippen LogP contribution is -1.91. The molecular weight excluding hydrogens is 300 g/mol. The predicted molar refractivity (Wildman–Crippen MR) is 70.9 cm³/mol. The normalized spacial score (nSPS) is 12.4. The Morgan fingerprint density at radius 1 is 1.29 bits per heavy atom. The second-order valence-corrected chi connectivity index (χ2v) is 5.36. The zero-order chi connectivity index (χ0) is 12.3. The van der Waals surface area contributed by atoms with Crippen LogP contribution in [0.25, 0.3) is 0 Å². The van der Waals surface area contributed by atoms with E-state index in [2.05, 4.69) is 25.9 Å². The number of aliphatic hydroxyl groups excluding tert-OH is 1. The molecule has 3 nitrogen and oxygen atoms in total. The van der Waals surface area contributed by atoms with Gasteiger partial charge in [-0.05, 0) is 58.4 Å². The molecule has 1 unspecified atom stereocenters. The van der Waals surface area contributed by atoms with E-state index in [1.54, 1.807) is 25.4 Å². The van der Waals surface area contributed by atoms with E-state index in [4.69, 9.17) is 0 Å². The number of aliphatic hydroxyl groups is 1. The summed E-state index contributed by atoms with van der Waals surface area (Å²) in [7, 11) is 0. The monoisotopic (exact) mass is 310 g/mol. The lowest BCUT2D eigenvalue weighted by Gasteiger charge is -2.08. The summed E-state index contributed by atoms with van der Waals surface area (Å²) >= 11 is 4.97. The van der Waals surface area contributed by atoms with Gasteiger partial charge < -0.3 is 5.11 Å². The van der Waals surface area contributed by atoms with Gasteiger partial charge in [-0.2, -0.15) is 0 Å². The van der Waals surface area contributed by atoms with Crippen LogP contribution in [-0.2, 0) is 0 Å². The van der Waals surface area contributed by atoms with Crippen LogP contribution in [0.4, 0.5) is 0 Å². The van der Waals surface area contributed by atoms with E-state index in [0.29, 0.717) is 5.16 Å². The van der Waals surface area contributed by atoms with E-state index < -0.39 is 6.10 Å². The Balaban J connectivity index is 2.23. The Morgan fingerprint density at radius 2 is 2.00 bits per heavy atom. The third kappa shape index (κ3) is 3.28. The van der Waals surface area contributed by atoms with E-state index in [1.165, 1.54) is 11.8 Å². The van der Waals surface area contributed by atoms with Crippen LogP contribution in [0.15, 0.2) is 51.2 Å². The third-order valence-corrected chi connectivity index (χ3v) is 4.07. The van der Waals surface area contributed by atoms with E-state index >= 15 is 0 Å². The van der Waals surface area contributed by atoms with Crippen LogP contribution < -0.4 is 0 Å². The molecule has 1 heterocycles. The summed E-state index contributed by atoms with van der Waals surface area (Å²) in [5.74, 6) is 0. The molecule has 1 aromatic carbocycles. The quantitative estimate of drug-likeness (QED) is 0.882. The molecule has 0 fully saturated rings. The van der Waals surface area contributed by atoms with Gasteiger partial charge in [-0.3, -0.25) is 0 Å². The highest BCUT2D eigenvalue weighted by atomic mass is 79.9. The molecule has 5 heteroatoms. The maximum Gasteiger partial charge on any atom is 0.192 e. The highest BCUT2D eigenvalue weighted by Gasteiger charge is 2.07. The molecule has 0 bridgehead atoms. The van der Waals surface area contributed by atoms with Gasteiger partial charge in [0.15, 0.2) is 5.16 Å². The second-order valence-electron chi connectivity index (χ2n) is 3.50. The van der Waals surface area contributed by atoms with Crippen molar-refractivity contribution < 1.29 is 5.11 Å². The fourth-order valence-corrected chi connectivity index (χ4v) is 2.65. The first kappa shape index (κ1) is 12.5. The zero-order valence-corrected chi connectivity index (χ0v) is 11.6. The van der Waals surface area contributed by atoms with Gasteiger partial charge in [0.1, 0.15) is 0 Å². The summed E-state index contributed by atoms with van der Waals surface area (Å²) in [6, 6.07) is 7.56. The van der Waals surface area contributed by atoms with Crippen molar-refractivity contribution in [1.82, 2.24) is 9.97 Å². The van der Waals surface area contributed by atoms with Gasteiger partial charge in [0.2, 0.25) is 0 Å². The van der Waals surface area contributed by atoms with Gasteiger partial charge in [0, 0.05) is 21.8 Å². The van der Waals surface area contributed by atoms with Crippen molar-refractivity contribution in [2.75, 3.05) is 0 Å². The Kier molecular flexibility index (Phi) is 4.15. The summed E-state index contributed by atoms with van der Waals surface area (Å²) in [5, 5.41) is 10.2. The summed E-state index contributed by atoms with van der Waals surface area (Å²) in [5.41, 5.74) is 0.884. The fourth-order valence-electron chi connectivity index (χ4n) is 1.30. The highest BCUT2D eigenvalue weighted by molar-refractivity contribution is 9.10. The van der Waals surface area contributed by atoms with Crippen LogP contribution in [-0.4, -0.2) is 15.1 Å². The standard InChI is InChI=1S/C12H11BrN2OS/c1-8(16)9-3-4-11(10(13)7-9)17-12-14-5-2-6-15-12/h2-8,16H,1H3. The average Bonchev–Trinajstić information content (AvgIpc) is 2.33. The van der Waals surface area contributed by atoms with E-state index in [-0.39, 0.29) is 0 Å². The topological polar surface area (TPSA) is 46.0 Å². The van der Waals surface area contributed by atoms with Crippen molar-refractivity contribution >= 4 is 27.7 Å². The van der Waals surface area contributed by atoms with Crippen molar-refractivity contribution in [1.29, 1.82) is 0 Å². The number of hydrogen-bond acceptors (Lipinski definition) is 4. The highest BCUT2D eigenvalue weighted by Crippen LogP contribution is 2.33. The van der Waals surface area contributed by atoms with E-state index in [0.717, 1.165) is 14.9 Å². The van der Waals surface area contributed by atoms with Crippen LogP contribution in [0, 0.1) is 0 Å². The average molecular weight is 311 g/mol. The number of benzene rings is 1. The number of aromatic nitrogens is 2. The molecule has 1 N–H and O–H groups in total. The second kappa shape index (κ2) is 5.62. The summed E-state index contributed by atoms with van der Waals surface area (Å²) < 4.78 is 0.938. The molecular formula is C12H11BrN2OS. The van der Waals surface area contributed by atoms with Crippen molar-refractivity contribution in [3.8, 4) is 0 Å². The Labute approximate surface area is 112 Å². The van der Waals surface area contributed by atoms with E-state index in [1.807, 2.05) is 18.2 Å². The van der Waals surface area contributed by atoms with Crippen LogP contribution in [0.5, 0.6) is 0 Å². The van der Waals surface area contributed by atoms with Crippen LogP contribution >= 0.6 is 27.7 Å².